The predicted molar refractivity (Wildman–Crippen MR) is 90.7 cm³/mol. The highest BCUT2D eigenvalue weighted by molar-refractivity contribution is 7.98. The fraction of sp³-hybridized carbons (Fsp3) is 0.353. The Kier molecular flexibility index (Phi) is 4.15. The molecule has 0 radical (unpaired) electrons. The van der Waals surface area contributed by atoms with Crippen molar-refractivity contribution in [1.29, 1.82) is 0 Å². The summed E-state index contributed by atoms with van der Waals surface area (Å²) in [5.41, 5.74) is 2.37. The topological polar surface area (TPSA) is 48.5 Å². The lowest BCUT2D eigenvalue weighted by Crippen LogP contribution is -2.02. The summed E-state index contributed by atoms with van der Waals surface area (Å²) in [5.74, 6) is 2.07. The number of aryl methyl sites for hydroxylation is 1. The molecule has 0 bridgehead atoms. The van der Waals surface area contributed by atoms with E-state index in [9.17, 15) is 0 Å². The average Bonchev–Trinajstić information content (AvgIpc) is 3.19. The van der Waals surface area contributed by atoms with E-state index in [0.29, 0.717) is 0 Å². The first-order valence-corrected chi connectivity index (χ1v) is 9.02. The Morgan fingerprint density at radius 3 is 2.78 bits per heavy atom. The summed E-state index contributed by atoms with van der Waals surface area (Å²) in [4.78, 5) is 0. The van der Waals surface area contributed by atoms with Crippen LogP contribution in [-0.2, 0) is 18.7 Å². The molecule has 0 amide bonds. The maximum Gasteiger partial charge on any atom is 0.191 e. The molecule has 6 heteroatoms. The molecule has 2 aromatic heterocycles. The van der Waals surface area contributed by atoms with Gasteiger partial charge in [0.2, 0.25) is 0 Å². The highest BCUT2D eigenvalue weighted by atomic mass is 32.2. The van der Waals surface area contributed by atoms with Crippen molar-refractivity contribution in [2.45, 2.75) is 43.1 Å². The van der Waals surface area contributed by atoms with Gasteiger partial charge in [0.15, 0.2) is 5.16 Å². The Morgan fingerprint density at radius 2 is 1.96 bits per heavy atom. The monoisotopic (exact) mass is 325 g/mol. The standard InChI is InChI=1S/C17H19N5S/c1-2-5-16-19-20-17(21(16)11-3-1)23-13-14-6-8-15(9-7-14)22-12-4-10-18-22/h4,6-10,12H,1-3,5,11,13H2. The van der Waals surface area contributed by atoms with Crippen LogP contribution in [0.5, 0.6) is 0 Å². The van der Waals surface area contributed by atoms with Crippen LogP contribution < -0.4 is 0 Å². The Labute approximate surface area is 139 Å². The summed E-state index contributed by atoms with van der Waals surface area (Å²) < 4.78 is 4.17. The van der Waals surface area contributed by atoms with Crippen molar-refractivity contribution in [1.82, 2.24) is 24.5 Å². The molecule has 1 aliphatic rings. The van der Waals surface area contributed by atoms with Gasteiger partial charge in [0, 0.05) is 31.1 Å². The van der Waals surface area contributed by atoms with Crippen LogP contribution in [0.3, 0.4) is 0 Å². The smallest absolute Gasteiger partial charge is 0.191 e. The Bertz CT molecular complexity index is 761. The quantitative estimate of drug-likeness (QED) is 0.689. The molecule has 3 heterocycles. The minimum atomic E-state index is 0.914. The third kappa shape index (κ3) is 3.17. The van der Waals surface area contributed by atoms with E-state index in [-0.39, 0.29) is 0 Å². The van der Waals surface area contributed by atoms with E-state index in [2.05, 4.69) is 44.1 Å². The van der Waals surface area contributed by atoms with Gasteiger partial charge in [0.1, 0.15) is 5.82 Å². The summed E-state index contributed by atoms with van der Waals surface area (Å²) in [6, 6.07) is 10.5. The number of nitrogens with zero attached hydrogens (tertiary/aromatic N) is 5. The lowest BCUT2D eigenvalue weighted by molar-refractivity contribution is 0.591. The van der Waals surface area contributed by atoms with Crippen LogP contribution in [-0.4, -0.2) is 24.5 Å². The van der Waals surface area contributed by atoms with Gasteiger partial charge in [-0.05, 0) is 36.6 Å². The Morgan fingerprint density at radius 1 is 1.04 bits per heavy atom. The zero-order valence-electron chi connectivity index (χ0n) is 12.9. The van der Waals surface area contributed by atoms with Gasteiger partial charge in [0.05, 0.1) is 5.69 Å². The predicted octanol–water partition coefficient (Wildman–Crippen LogP) is 3.48. The molecule has 0 saturated carbocycles. The van der Waals surface area contributed by atoms with E-state index in [1.54, 1.807) is 18.0 Å². The molecule has 4 rings (SSSR count). The van der Waals surface area contributed by atoms with Crippen LogP contribution in [0.2, 0.25) is 0 Å². The second-order valence-corrected chi connectivity index (χ2v) is 6.71. The number of benzene rings is 1. The van der Waals surface area contributed by atoms with Gasteiger partial charge in [-0.1, -0.05) is 30.3 Å². The number of thioether (sulfide) groups is 1. The summed E-state index contributed by atoms with van der Waals surface area (Å²) in [6.07, 6.45) is 8.57. The van der Waals surface area contributed by atoms with Crippen LogP contribution >= 0.6 is 11.8 Å². The zero-order chi connectivity index (χ0) is 15.5. The molecule has 5 nitrogen and oxygen atoms in total. The van der Waals surface area contributed by atoms with Crippen LogP contribution in [0.4, 0.5) is 0 Å². The zero-order valence-corrected chi connectivity index (χ0v) is 13.7. The van der Waals surface area contributed by atoms with Gasteiger partial charge < -0.3 is 4.57 Å². The molecule has 118 valence electrons. The molecule has 1 aromatic carbocycles. The van der Waals surface area contributed by atoms with Gasteiger partial charge >= 0.3 is 0 Å². The van der Waals surface area contributed by atoms with Crippen molar-refractivity contribution in [2.24, 2.45) is 0 Å². The van der Waals surface area contributed by atoms with E-state index < -0.39 is 0 Å². The molecule has 0 unspecified atom stereocenters. The van der Waals surface area contributed by atoms with E-state index >= 15 is 0 Å². The molecule has 3 aromatic rings. The largest absolute Gasteiger partial charge is 0.306 e. The van der Waals surface area contributed by atoms with Gasteiger partial charge in [-0.15, -0.1) is 10.2 Å². The van der Waals surface area contributed by atoms with E-state index in [0.717, 1.165) is 35.4 Å². The van der Waals surface area contributed by atoms with Crippen molar-refractivity contribution >= 4 is 11.8 Å². The lowest BCUT2D eigenvalue weighted by Gasteiger charge is -2.07. The SMILES string of the molecule is c1cnn(-c2ccc(CSc3nnc4n3CCCCC4)cc2)c1. The Balaban J connectivity index is 1.44. The minimum absolute atomic E-state index is 0.914. The van der Waals surface area contributed by atoms with Gasteiger partial charge in [-0.2, -0.15) is 5.10 Å². The molecule has 23 heavy (non-hydrogen) atoms. The summed E-state index contributed by atoms with van der Waals surface area (Å²) in [6.45, 7) is 1.06. The molecule has 0 saturated heterocycles. The second kappa shape index (κ2) is 6.58. The Hall–Kier alpha value is -2.08. The maximum atomic E-state index is 4.37. The lowest BCUT2D eigenvalue weighted by atomic mass is 10.2. The number of hydrogen-bond acceptors (Lipinski definition) is 4. The molecular formula is C17H19N5S. The van der Waals surface area contributed by atoms with Crippen LogP contribution in [0.15, 0.2) is 47.9 Å². The second-order valence-electron chi connectivity index (χ2n) is 5.77. The molecule has 0 atom stereocenters. The molecule has 0 fully saturated rings. The summed E-state index contributed by atoms with van der Waals surface area (Å²) >= 11 is 1.77. The normalized spacial score (nSPS) is 14.4. The number of aromatic nitrogens is 5. The first kappa shape index (κ1) is 14.5. The van der Waals surface area contributed by atoms with Crippen LogP contribution in [0.25, 0.3) is 5.69 Å². The number of rotatable bonds is 4. The first-order chi connectivity index (χ1) is 11.4. The highest BCUT2D eigenvalue weighted by Crippen LogP contribution is 2.25. The third-order valence-corrected chi connectivity index (χ3v) is 5.19. The van der Waals surface area contributed by atoms with E-state index in [1.165, 1.54) is 24.8 Å². The molecule has 0 N–H and O–H groups in total. The number of fused-ring (bicyclic) bond motifs is 1. The molecular weight excluding hydrogens is 306 g/mol. The first-order valence-electron chi connectivity index (χ1n) is 8.04. The van der Waals surface area contributed by atoms with Gasteiger partial charge in [0.25, 0.3) is 0 Å². The minimum Gasteiger partial charge on any atom is -0.306 e. The van der Waals surface area contributed by atoms with Crippen molar-refractivity contribution in [3.05, 3.63) is 54.1 Å². The van der Waals surface area contributed by atoms with Crippen LogP contribution in [0, 0.1) is 0 Å². The summed E-state index contributed by atoms with van der Waals surface area (Å²) in [5, 5.41) is 14.0. The third-order valence-electron chi connectivity index (χ3n) is 4.15. The fourth-order valence-corrected chi connectivity index (χ4v) is 3.82. The van der Waals surface area contributed by atoms with Crippen molar-refractivity contribution in [3.8, 4) is 5.69 Å². The fourth-order valence-electron chi connectivity index (χ4n) is 2.88. The average molecular weight is 325 g/mol. The number of hydrogen-bond donors (Lipinski definition) is 0. The van der Waals surface area contributed by atoms with Gasteiger partial charge in [-0.3, -0.25) is 0 Å². The summed E-state index contributed by atoms with van der Waals surface area (Å²) in [7, 11) is 0. The molecule has 0 aliphatic carbocycles. The van der Waals surface area contributed by atoms with Crippen molar-refractivity contribution < 1.29 is 0 Å². The van der Waals surface area contributed by atoms with Gasteiger partial charge in [-0.25, -0.2) is 4.68 Å². The highest BCUT2D eigenvalue weighted by Gasteiger charge is 2.14. The van der Waals surface area contributed by atoms with E-state index in [1.807, 2.05) is 16.9 Å². The van der Waals surface area contributed by atoms with Crippen molar-refractivity contribution in [3.63, 3.8) is 0 Å². The van der Waals surface area contributed by atoms with Crippen molar-refractivity contribution in [2.75, 3.05) is 0 Å². The van der Waals surface area contributed by atoms with E-state index in [4.69, 9.17) is 0 Å². The maximum absolute atomic E-state index is 4.37. The molecule has 0 spiro atoms. The molecule has 1 aliphatic heterocycles. The van der Waals surface area contributed by atoms with Crippen LogP contribution in [0.1, 0.15) is 30.7 Å².